The maximum atomic E-state index is 10.4. The molecule has 0 aromatic rings. The summed E-state index contributed by atoms with van der Waals surface area (Å²) in [6.45, 7) is 2.95. The minimum Gasteiger partial charge on any atom is -0.479 e. The van der Waals surface area contributed by atoms with Crippen LogP contribution in [0, 0.1) is 0 Å². The average molecular weight is 252 g/mol. The van der Waals surface area contributed by atoms with Crippen molar-refractivity contribution in [1.29, 1.82) is 0 Å². The molecule has 5 unspecified atom stereocenters. The normalized spacial score (nSPS) is 33.1. The largest absolute Gasteiger partial charge is 0.479 e. The van der Waals surface area contributed by atoms with E-state index in [4.69, 9.17) is 19.7 Å². The zero-order valence-corrected chi connectivity index (χ0v) is 9.35. The highest BCUT2D eigenvalue weighted by atomic mass is 16.8. The Balaban J connectivity index is 2.70. The molecule has 1 heterocycles. The van der Waals surface area contributed by atoms with Crippen LogP contribution in [0.5, 0.6) is 0 Å². The summed E-state index contributed by atoms with van der Waals surface area (Å²) in [5.41, 5.74) is 0. The van der Waals surface area contributed by atoms with E-state index in [-0.39, 0.29) is 0 Å². The van der Waals surface area contributed by atoms with Gasteiger partial charge in [0.15, 0.2) is 18.2 Å². The van der Waals surface area contributed by atoms with Gasteiger partial charge in [0.05, 0.1) is 0 Å². The summed E-state index contributed by atoms with van der Waals surface area (Å²) >= 11 is 0. The van der Waals surface area contributed by atoms with Gasteiger partial charge >= 0.3 is 5.97 Å². The molecule has 17 heavy (non-hydrogen) atoms. The molecule has 0 aromatic carbocycles. The van der Waals surface area contributed by atoms with Gasteiger partial charge in [0.1, 0.15) is 18.3 Å². The van der Waals surface area contributed by atoms with E-state index < -0.39 is 42.5 Å². The van der Waals surface area contributed by atoms with E-state index in [0.717, 1.165) is 0 Å². The number of aliphatic hydroxyl groups excluding tert-OH is 4. The molecule has 5 N–H and O–H groups in total. The van der Waals surface area contributed by atoms with Crippen molar-refractivity contribution in [3.05, 3.63) is 0 Å². The van der Waals surface area contributed by atoms with Crippen LogP contribution in [0.25, 0.3) is 0 Å². The van der Waals surface area contributed by atoms with E-state index in [2.05, 4.69) is 0 Å². The highest BCUT2D eigenvalue weighted by molar-refractivity contribution is 5.72. The molecule has 0 amide bonds. The number of carboxylic acid groups (broad SMARTS) is 1. The predicted octanol–water partition coefficient (Wildman–Crippen LogP) is -2.38. The first-order chi connectivity index (χ1) is 7.65. The van der Waals surface area contributed by atoms with Gasteiger partial charge in [0.25, 0.3) is 0 Å². The Morgan fingerprint density at radius 2 is 1.76 bits per heavy atom. The van der Waals surface area contributed by atoms with Gasteiger partial charge in [-0.05, 0) is 13.8 Å². The summed E-state index contributed by atoms with van der Waals surface area (Å²) in [7, 11) is 0. The number of aliphatic hydroxyl groups is 4. The second kappa shape index (κ2) is 4.84. The zero-order valence-electron chi connectivity index (χ0n) is 9.35. The summed E-state index contributed by atoms with van der Waals surface area (Å²) in [5.74, 6) is -2.86. The van der Waals surface area contributed by atoms with Gasteiger partial charge in [-0.3, -0.25) is 0 Å². The first-order valence-corrected chi connectivity index (χ1v) is 4.96. The molecular formula is C9H16O8. The smallest absolute Gasteiger partial charge is 0.335 e. The molecule has 0 saturated carbocycles. The van der Waals surface area contributed by atoms with Crippen LogP contribution in [0.1, 0.15) is 13.8 Å². The van der Waals surface area contributed by atoms with Crippen LogP contribution in [-0.4, -0.2) is 68.0 Å². The van der Waals surface area contributed by atoms with Crippen molar-refractivity contribution in [1.82, 2.24) is 0 Å². The van der Waals surface area contributed by atoms with Crippen LogP contribution in [0.3, 0.4) is 0 Å². The average Bonchev–Trinajstić information content (AvgIpc) is 2.48. The van der Waals surface area contributed by atoms with Crippen LogP contribution >= 0.6 is 0 Å². The second-order valence-electron chi connectivity index (χ2n) is 4.25. The third kappa shape index (κ3) is 3.12. The van der Waals surface area contributed by atoms with Crippen LogP contribution in [0.15, 0.2) is 0 Å². The summed E-state index contributed by atoms with van der Waals surface area (Å²) in [6, 6.07) is 0. The fraction of sp³-hybridized carbons (Fsp3) is 0.889. The number of ether oxygens (including phenoxy) is 2. The number of carbonyl (C=O) groups is 1. The molecule has 0 aliphatic carbocycles. The van der Waals surface area contributed by atoms with Crippen molar-refractivity contribution in [3.8, 4) is 0 Å². The van der Waals surface area contributed by atoms with Gasteiger partial charge in [-0.15, -0.1) is 0 Å². The fourth-order valence-electron chi connectivity index (χ4n) is 1.54. The van der Waals surface area contributed by atoms with E-state index in [9.17, 15) is 20.1 Å². The van der Waals surface area contributed by atoms with E-state index in [1.807, 2.05) is 0 Å². The Bertz CT molecular complexity index is 291. The molecule has 100 valence electrons. The van der Waals surface area contributed by atoms with Gasteiger partial charge < -0.3 is 35.0 Å². The molecule has 1 rings (SSSR count). The molecule has 1 fully saturated rings. The van der Waals surface area contributed by atoms with Crippen molar-refractivity contribution in [3.63, 3.8) is 0 Å². The van der Waals surface area contributed by atoms with E-state index >= 15 is 0 Å². The molecule has 0 radical (unpaired) electrons. The Labute approximate surface area is 97.0 Å². The van der Waals surface area contributed by atoms with Gasteiger partial charge in [0, 0.05) is 0 Å². The number of hydrogen-bond donors (Lipinski definition) is 5. The van der Waals surface area contributed by atoms with Crippen molar-refractivity contribution in [2.45, 2.75) is 50.3 Å². The maximum absolute atomic E-state index is 10.4. The molecule has 0 aromatic heterocycles. The number of rotatable bonds is 4. The summed E-state index contributed by atoms with van der Waals surface area (Å²) in [5, 5.41) is 45.9. The van der Waals surface area contributed by atoms with Crippen LogP contribution in [0.2, 0.25) is 0 Å². The SMILES string of the molecule is CC1(C)OC(O)C(C(O)C(O)C(O)C(=O)O)O1. The van der Waals surface area contributed by atoms with Crippen molar-refractivity contribution < 1.29 is 39.8 Å². The molecule has 8 nitrogen and oxygen atoms in total. The highest BCUT2D eigenvalue weighted by Crippen LogP contribution is 2.29. The molecule has 1 aliphatic heterocycles. The first-order valence-electron chi connectivity index (χ1n) is 4.96. The molecule has 0 spiro atoms. The third-order valence-corrected chi connectivity index (χ3v) is 2.37. The Hall–Kier alpha value is -0.770. The maximum Gasteiger partial charge on any atom is 0.335 e. The number of carboxylic acids is 1. The van der Waals surface area contributed by atoms with Gasteiger partial charge in [-0.25, -0.2) is 4.79 Å². The van der Waals surface area contributed by atoms with Crippen LogP contribution in [-0.2, 0) is 14.3 Å². The second-order valence-corrected chi connectivity index (χ2v) is 4.25. The molecule has 8 heteroatoms. The van der Waals surface area contributed by atoms with Crippen molar-refractivity contribution in [2.24, 2.45) is 0 Å². The van der Waals surface area contributed by atoms with Gasteiger partial charge in [-0.2, -0.15) is 0 Å². The van der Waals surface area contributed by atoms with Crippen molar-refractivity contribution >= 4 is 5.97 Å². The summed E-state index contributed by atoms with van der Waals surface area (Å²) in [6.07, 6.45) is -8.82. The lowest BCUT2D eigenvalue weighted by Gasteiger charge is -2.26. The third-order valence-electron chi connectivity index (χ3n) is 2.37. The lowest BCUT2D eigenvalue weighted by Crippen LogP contribution is -2.50. The fourth-order valence-corrected chi connectivity index (χ4v) is 1.54. The lowest BCUT2D eigenvalue weighted by atomic mass is 10.0. The van der Waals surface area contributed by atoms with Gasteiger partial charge in [-0.1, -0.05) is 0 Å². The Morgan fingerprint density at radius 1 is 1.24 bits per heavy atom. The van der Waals surface area contributed by atoms with Crippen LogP contribution < -0.4 is 0 Å². The van der Waals surface area contributed by atoms with Crippen molar-refractivity contribution in [2.75, 3.05) is 0 Å². The summed E-state index contributed by atoms with van der Waals surface area (Å²) in [4.78, 5) is 10.4. The Kier molecular flexibility index (Phi) is 4.07. The molecular weight excluding hydrogens is 236 g/mol. The van der Waals surface area contributed by atoms with E-state index in [1.165, 1.54) is 13.8 Å². The van der Waals surface area contributed by atoms with Crippen LogP contribution in [0.4, 0.5) is 0 Å². The Morgan fingerprint density at radius 3 is 2.12 bits per heavy atom. The minimum absolute atomic E-state index is 1.17. The highest BCUT2D eigenvalue weighted by Gasteiger charge is 2.48. The summed E-state index contributed by atoms with van der Waals surface area (Å²) < 4.78 is 9.99. The number of aliphatic carboxylic acids is 1. The van der Waals surface area contributed by atoms with E-state index in [1.54, 1.807) is 0 Å². The topological polar surface area (TPSA) is 137 Å². The van der Waals surface area contributed by atoms with Gasteiger partial charge in [0.2, 0.25) is 0 Å². The minimum atomic E-state index is -2.18. The molecule has 5 atom stereocenters. The first kappa shape index (κ1) is 14.3. The van der Waals surface area contributed by atoms with E-state index in [0.29, 0.717) is 0 Å². The molecule has 1 saturated heterocycles. The number of hydrogen-bond acceptors (Lipinski definition) is 7. The lowest BCUT2D eigenvalue weighted by molar-refractivity contribution is -0.179. The monoisotopic (exact) mass is 252 g/mol. The molecule has 1 aliphatic rings. The predicted molar refractivity (Wildman–Crippen MR) is 51.7 cm³/mol. The zero-order chi connectivity index (χ0) is 13.4. The molecule has 0 bridgehead atoms. The quantitative estimate of drug-likeness (QED) is 0.374. The standard InChI is InChI=1S/C9H16O8/c1-9(2)16-6(8(15)17-9)4(11)3(10)5(12)7(13)14/h3-6,8,10-12,15H,1-2H3,(H,13,14).